The summed E-state index contributed by atoms with van der Waals surface area (Å²) >= 11 is 2.04. The van der Waals surface area contributed by atoms with Crippen LogP contribution in [-0.4, -0.2) is 11.0 Å². The number of hydrogen-bond acceptors (Lipinski definition) is 2. The van der Waals surface area contributed by atoms with Crippen molar-refractivity contribution in [2.45, 2.75) is 13.0 Å². The van der Waals surface area contributed by atoms with E-state index < -0.39 is 18.7 Å². The lowest BCUT2D eigenvalue weighted by atomic mass is 10.3. The van der Waals surface area contributed by atoms with Gasteiger partial charge in [-0.25, -0.2) is 13.6 Å². The van der Waals surface area contributed by atoms with Crippen molar-refractivity contribution in [3.05, 3.63) is 32.3 Å². The Morgan fingerprint density at radius 3 is 2.87 bits per heavy atom. The maximum absolute atomic E-state index is 12.2. The fraction of sp³-hybridized carbons (Fsp3) is 0.222. The maximum atomic E-state index is 12.2. The van der Waals surface area contributed by atoms with Crippen LogP contribution in [-0.2, 0) is 6.54 Å². The van der Waals surface area contributed by atoms with E-state index in [2.05, 4.69) is 0 Å². The Balaban J connectivity index is 2.65. The largest absolute Gasteiger partial charge is 0.420 e. The van der Waals surface area contributed by atoms with Crippen molar-refractivity contribution in [3.63, 3.8) is 0 Å². The first kappa shape index (κ1) is 10.6. The normalized spacial score (nSPS) is 11.5. The summed E-state index contributed by atoms with van der Waals surface area (Å²) in [5, 5.41) is 0. The molecule has 0 aliphatic heterocycles. The molecule has 2 aromatic rings. The van der Waals surface area contributed by atoms with Crippen LogP contribution in [0.3, 0.4) is 0 Å². The smallest absolute Gasteiger partial charge is 0.408 e. The van der Waals surface area contributed by atoms with Gasteiger partial charge < -0.3 is 4.42 Å². The van der Waals surface area contributed by atoms with Crippen LogP contribution < -0.4 is 5.76 Å². The Morgan fingerprint density at radius 1 is 1.47 bits per heavy atom. The SMILES string of the molecule is O=c1oc2ccc(I)cc2n1CC(F)F. The summed E-state index contributed by atoms with van der Waals surface area (Å²) in [5.74, 6) is -0.743. The van der Waals surface area contributed by atoms with Crippen LogP contribution in [0, 0.1) is 3.57 Å². The van der Waals surface area contributed by atoms with E-state index in [1.54, 1.807) is 18.2 Å². The molecule has 0 spiro atoms. The van der Waals surface area contributed by atoms with Crippen LogP contribution in [0.25, 0.3) is 11.1 Å². The number of nitrogens with zero attached hydrogens (tertiary/aromatic N) is 1. The van der Waals surface area contributed by atoms with Gasteiger partial charge in [0.15, 0.2) is 5.58 Å². The van der Waals surface area contributed by atoms with Crippen molar-refractivity contribution in [3.8, 4) is 0 Å². The molecule has 1 heterocycles. The highest BCUT2D eigenvalue weighted by molar-refractivity contribution is 14.1. The van der Waals surface area contributed by atoms with E-state index in [0.717, 1.165) is 8.14 Å². The number of hydrogen-bond donors (Lipinski definition) is 0. The first-order valence-electron chi connectivity index (χ1n) is 4.15. The van der Waals surface area contributed by atoms with Crippen LogP contribution in [0.15, 0.2) is 27.4 Å². The molecule has 0 fully saturated rings. The second-order valence-corrected chi connectivity index (χ2v) is 4.23. The molecule has 80 valence electrons. The summed E-state index contributed by atoms with van der Waals surface area (Å²) in [6, 6.07) is 4.99. The van der Waals surface area contributed by atoms with Gasteiger partial charge in [-0.1, -0.05) is 0 Å². The van der Waals surface area contributed by atoms with Gasteiger partial charge in [0.25, 0.3) is 6.43 Å². The summed E-state index contributed by atoms with van der Waals surface area (Å²) < 4.78 is 31.0. The quantitative estimate of drug-likeness (QED) is 0.795. The molecule has 1 aromatic heterocycles. The van der Waals surface area contributed by atoms with Gasteiger partial charge in [0.2, 0.25) is 0 Å². The van der Waals surface area contributed by atoms with E-state index in [4.69, 9.17) is 4.42 Å². The Morgan fingerprint density at radius 2 is 2.20 bits per heavy atom. The van der Waals surface area contributed by atoms with Crippen LogP contribution in [0.2, 0.25) is 0 Å². The maximum Gasteiger partial charge on any atom is 0.420 e. The van der Waals surface area contributed by atoms with Gasteiger partial charge >= 0.3 is 5.76 Å². The lowest BCUT2D eigenvalue weighted by molar-refractivity contribution is 0.125. The Hall–Kier alpha value is -0.920. The number of fused-ring (bicyclic) bond motifs is 1. The van der Waals surface area contributed by atoms with Crippen LogP contribution in [0.1, 0.15) is 0 Å². The zero-order chi connectivity index (χ0) is 11.0. The molecule has 0 aliphatic rings. The number of halogens is 3. The highest BCUT2D eigenvalue weighted by atomic mass is 127. The monoisotopic (exact) mass is 325 g/mol. The topological polar surface area (TPSA) is 35.1 Å². The summed E-state index contributed by atoms with van der Waals surface area (Å²) in [4.78, 5) is 11.2. The molecule has 15 heavy (non-hydrogen) atoms. The number of rotatable bonds is 2. The van der Waals surface area contributed by atoms with Crippen molar-refractivity contribution in [1.29, 1.82) is 0 Å². The van der Waals surface area contributed by atoms with E-state index in [1.807, 2.05) is 22.6 Å². The van der Waals surface area contributed by atoms with Crippen molar-refractivity contribution in [2.24, 2.45) is 0 Å². The fourth-order valence-electron chi connectivity index (χ4n) is 1.35. The van der Waals surface area contributed by atoms with Gasteiger partial charge in [-0.3, -0.25) is 4.57 Å². The summed E-state index contributed by atoms with van der Waals surface area (Å²) in [6.45, 7) is -0.633. The van der Waals surface area contributed by atoms with Crippen LogP contribution in [0.4, 0.5) is 8.78 Å². The molecule has 3 nitrogen and oxygen atoms in total. The molecule has 6 heteroatoms. The molecule has 0 saturated heterocycles. The highest BCUT2D eigenvalue weighted by Gasteiger charge is 2.13. The lowest BCUT2D eigenvalue weighted by Crippen LogP contribution is -2.18. The van der Waals surface area contributed by atoms with Crippen LogP contribution in [0.5, 0.6) is 0 Å². The minimum Gasteiger partial charge on any atom is -0.408 e. The standard InChI is InChI=1S/C9H6F2INO2/c10-8(11)4-13-6-3-5(12)1-2-7(6)15-9(13)14/h1-3,8H,4H2. The van der Waals surface area contributed by atoms with E-state index in [1.165, 1.54) is 0 Å². The van der Waals surface area contributed by atoms with E-state index in [0.29, 0.717) is 11.1 Å². The number of aromatic nitrogens is 1. The van der Waals surface area contributed by atoms with Crippen molar-refractivity contribution >= 4 is 33.7 Å². The zero-order valence-corrected chi connectivity index (χ0v) is 9.57. The number of benzene rings is 1. The predicted octanol–water partition coefficient (Wildman–Crippen LogP) is 2.46. The minimum absolute atomic E-state index is 0.334. The molecule has 1 aromatic carbocycles. The number of alkyl halides is 2. The van der Waals surface area contributed by atoms with Gasteiger partial charge in [0, 0.05) is 3.57 Å². The van der Waals surface area contributed by atoms with E-state index in [9.17, 15) is 13.6 Å². The molecule has 0 saturated carbocycles. The third-order valence-electron chi connectivity index (χ3n) is 1.95. The van der Waals surface area contributed by atoms with Gasteiger partial charge in [-0.05, 0) is 40.8 Å². The first-order valence-corrected chi connectivity index (χ1v) is 5.23. The van der Waals surface area contributed by atoms with Crippen molar-refractivity contribution < 1.29 is 13.2 Å². The first-order chi connectivity index (χ1) is 7.08. The van der Waals surface area contributed by atoms with Crippen molar-refractivity contribution in [1.82, 2.24) is 4.57 Å². The minimum atomic E-state index is -2.57. The molecule has 0 unspecified atom stereocenters. The molecular weight excluding hydrogens is 319 g/mol. The molecule has 0 amide bonds. The van der Waals surface area contributed by atoms with Gasteiger partial charge in [-0.15, -0.1) is 0 Å². The van der Waals surface area contributed by atoms with Crippen molar-refractivity contribution in [2.75, 3.05) is 0 Å². The predicted molar refractivity (Wildman–Crippen MR) is 59.2 cm³/mol. The summed E-state index contributed by atoms with van der Waals surface area (Å²) in [7, 11) is 0. The second-order valence-electron chi connectivity index (χ2n) is 2.98. The molecule has 2 rings (SSSR count). The Kier molecular flexibility index (Phi) is 2.76. The van der Waals surface area contributed by atoms with Crippen LogP contribution >= 0.6 is 22.6 Å². The molecule has 0 atom stereocenters. The molecular formula is C9H6F2INO2. The Labute approximate surface area is 96.8 Å². The van der Waals surface area contributed by atoms with Gasteiger partial charge in [0.1, 0.15) is 0 Å². The van der Waals surface area contributed by atoms with E-state index >= 15 is 0 Å². The van der Waals surface area contributed by atoms with Gasteiger partial charge in [0.05, 0.1) is 12.1 Å². The molecule has 0 N–H and O–H groups in total. The van der Waals surface area contributed by atoms with E-state index in [-0.39, 0.29) is 0 Å². The summed E-state index contributed by atoms with van der Waals surface area (Å²) in [6.07, 6.45) is -2.57. The molecule has 0 bridgehead atoms. The Bertz CT molecular complexity index is 547. The zero-order valence-electron chi connectivity index (χ0n) is 7.41. The number of oxazole rings is 1. The third-order valence-corrected chi connectivity index (χ3v) is 2.62. The fourth-order valence-corrected chi connectivity index (χ4v) is 1.82. The highest BCUT2D eigenvalue weighted by Crippen LogP contribution is 2.17. The lowest BCUT2D eigenvalue weighted by Gasteiger charge is -2.00. The molecule has 0 radical (unpaired) electrons. The van der Waals surface area contributed by atoms with Gasteiger partial charge in [-0.2, -0.15) is 0 Å². The second kappa shape index (κ2) is 3.92. The average Bonchev–Trinajstić information content (AvgIpc) is 2.43. The summed E-state index contributed by atoms with van der Waals surface area (Å²) in [5.41, 5.74) is 0.744. The average molecular weight is 325 g/mol. The third kappa shape index (κ3) is 2.04. The molecule has 0 aliphatic carbocycles.